The molecule has 0 radical (unpaired) electrons. The number of rotatable bonds is 4. The summed E-state index contributed by atoms with van der Waals surface area (Å²) in [7, 11) is -2.43. The molecule has 1 aliphatic rings. The molecule has 0 saturated heterocycles. The van der Waals surface area contributed by atoms with Crippen LogP contribution < -0.4 is 5.14 Å². The van der Waals surface area contributed by atoms with Crippen molar-refractivity contribution in [2.75, 3.05) is 7.11 Å². The van der Waals surface area contributed by atoms with E-state index in [0.717, 1.165) is 0 Å². The van der Waals surface area contributed by atoms with E-state index in [1.165, 1.54) is 49.6 Å². The molecule has 0 fully saturated rings. The van der Waals surface area contributed by atoms with Gasteiger partial charge in [-0.1, -0.05) is 6.08 Å². The third-order valence-corrected chi connectivity index (χ3v) is 4.03. The van der Waals surface area contributed by atoms with E-state index in [0.29, 0.717) is 11.4 Å². The zero-order valence-corrected chi connectivity index (χ0v) is 12.4. The molecule has 2 N–H and O–H groups in total. The van der Waals surface area contributed by atoms with Crippen LogP contribution in [0.15, 0.2) is 53.2 Å². The molecular weight excluding hydrogens is 310 g/mol. The van der Waals surface area contributed by atoms with Crippen molar-refractivity contribution in [1.82, 2.24) is 0 Å². The third kappa shape index (κ3) is 3.57. The first kappa shape index (κ1) is 15.9. The highest BCUT2D eigenvalue weighted by atomic mass is 32.2. The van der Waals surface area contributed by atoms with Crippen molar-refractivity contribution in [3.63, 3.8) is 0 Å². The van der Waals surface area contributed by atoms with Gasteiger partial charge < -0.3 is 4.74 Å². The number of methoxy groups -OCH3 is 1. The van der Waals surface area contributed by atoms with Crippen LogP contribution in [0.4, 0.5) is 11.4 Å². The van der Waals surface area contributed by atoms with Gasteiger partial charge in [-0.2, -0.15) is 0 Å². The van der Waals surface area contributed by atoms with Crippen molar-refractivity contribution >= 4 is 27.1 Å². The van der Waals surface area contributed by atoms with Gasteiger partial charge in [-0.05, 0) is 18.2 Å². The molecule has 0 bridgehead atoms. The summed E-state index contributed by atoms with van der Waals surface area (Å²) in [5.41, 5.74) is 0.468. The van der Waals surface area contributed by atoms with E-state index in [-0.39, 0.29) is 11.4 Å². The van der Waals surface area contributed by atoms with Gasteiger partial charge in [-0.25, -0.2) is 13.6 Å². The Kier molecular flexibility index (Phi) is 4.38. The Labute approximate surface area is 126 Å². The normalized spacial score (nSPS) is 19.8. The minimum atomic E-state index is -3.87. The quantitative estimate of drug-likeness (QED) is 0.662. The summed E-state index contributed by atoms with van der Waals surface area (Å²) in [5.74, 6) is 0.431. The van der Waals surface area contributed by atoms with E-state index in [9.17, 15) is 18.5 Å². The first-order valence-corrected chi connectivity index (χ1v) is 7.71. The van der Waals surface area contributed by atoms with Crippen molar-refractivity contribution < 1.29 is 18.1 Å². The predicted octanol–water partition coefficient (Wildman–Crippen LogP) is 1.42. The summed E-state index contributed by atoms with van der Waals surface area (Å²) in [5, 5.41) is 14.7. The van der Waals surface area contributed by atoms with Crippen LogP contribution >= 0.6 is 0 Å². The van der Waals surface area contributed by atoms with Gasteiger partial charge in [0.2, 0.25) is 10.0 Å². The second-order valence-electron chi connectivity index (χ2n) is 4.43. The van der Waals surface area contributed by atoms with Crippen LogP contribution in [-0.4, -0.2) is 31.4 Å². The van der Waals surface area contributed by atoms with Gasteiger partial charge >= 0.3 is 0 Å². The Morgan fingerprint density at radius 3 is 2.45 bits per heavy atom. The molecule has 1 atom stereocenters. The maximum absolute atomic E-state index is 11.6. The molecule has 1 aromatic carbocycles. The fourth-order valence-electron chi connectivity index (χ4n) is 1.86. The molecule has 0 heterocycles. The average Bonchev–Trinajstić information content (AvgIpc) is 2.46. The van der Waals surface area contributed by atoms with Crippen LogP contribution in [0.25, 0.3) is 0 Å². The molecule has 0 aromatic heterocycles. The van der Waals surface area contributed by atoms with E-state index in [1.807, 2.05) is 0 Å². The summed E-state index contributed by atoms with van der Waals surface area (Å²) < 4.78 is 28.3. The molecule has 116 valence electrons. The minimum absolute atomic E-state index is 0.0800. The lowest BCUT2D eigenvalue weighted by Gasteiger charge is -2.16. The monoisotopic (exact) mass is 323 g/mol. The number of sulfonamides is 1. The molecule has 9 heteroatoms. The Bertz CT molecular complexity index is 778. The summed E-state index contributed by atoms with van der Waals surface area (Å²) in [6.07, 6.45) is 4.32. The molecule has 1 aliphatic carbocycles. The fraction of sp³-hybridized carbons (Fsp3) is 0.154. The van der Waals surface area contributed by atoms with Gasteiger partial charge in [0.05, 0.1) is 23.4 Å². The van der Waals surface area contributed by atoms with E-state index < -0.39 is 20.2 Å². The van der Waals surface area contributed by atoms with Crippen LogP contribution in [0.3, 0.4) is 0 Å². The molecule has 8 nitrogen and oxygen atoms in total. The predicted molar refractivity (Wildman–Crippen MR) is 81.3 cm³/mol. The Hall–Kier alpha value is -2.52. The van der Waals surface area contributed by atoms with Gasteiger partial charge in [0, 0.05) is 18.2 Å². The molecule has 1 aromatic rings. The molecule has 0 aliphatic heterocycles. The first-order valence-electron chi connectivity index (χ1n) is 6.10. The number of allylic oxidation sites excluding steroid dienone is 2. The molecule has 0 saturated carbocycles. The van der Waals surface area contributed by atoms with Crippen molar-refractivity contribution in [3.8, 4) is 0 Å². The standard InChI is InChI=1S/C13H13N3O5S/c1-21-11-6-7-13(22(14,19)20)12(8-11)15-9-2-4-10(5-3-9)16(17)18/h2-8,13H,1H3,(H2,14,19,20). The second kappa shape index (κ2) is 6.08. The van der Waals surface area contributed by atoms with Crippen LogP contribution in [0.2, 0.25) is 0 Å². The molecule has 0 spiro atoms. The lowest BCUT2D eigenvalue weighted by atomic mass is 10.1. The number of hydrogen-bond donors (Lipinski definition) is 1. The van der Waals surface area contributed by atoms with E-state index in [1.54, 1.807) is 0 Å². The van der Waals surface area contributed by atoms with Gasteiger partial charge in [-0.3, -0.25) is 15.1 Å². The molecule has 1 unspecified atom stereocenters. The number of nitro groups is 1. The smallest absolute Gasteiger partial charge is 0.269 e. The summed E-state index contributed by atoms with van der Waals surface area (Å²) in [4.78, 5) is 14.3. The largest absolute Gasteiger partial charge is 0.497 e. The number of primary sulfonamides is 1. The van der Waals surface area contributed by atoms with Crippen molar-refractivity contribution in [2.24, 2.45) is 10.1 Å². The van der Waals surface area contributed by atoms with Crippen molar-refractivity contribution in [1.29, 1.82) is 0 Å². The number of nitrogens with zero attached hydrogens (tertiary/aromatic N) is 2. The molecule has 0 amide bonds. The number of aliphatic imine (C=N–C) groups is 1. The number of hydrogen-bond acceptors (Lipinski definition) is 6. The lowest BCUT2D eigenvalue weighted by Crippen LogP contribution is -2.34. The van der Waals surface area contributed by atoms with Gasteiger partial charge in [0.1, 0.15) is 11.0 Å². The molecule has 22 heavy (non-hydrogen) atoms. The number of benzene rings is 1. The van der Waals surface area contributed by atoms with Gasteiger partial charge in [0.25, 0.3) is 5.69 Å². The van der Waals surface area contributed by atoms with Gasteiger partial charge in [-0.15, -0.1) is 0 Å². The lowest BCUT2D eigenvalue weighted by molar-refractivity contribution is -0.384. The highest BCUT2D eigenvalue weighted by Crippen LogP contribution is 2.21. The molecular formula is C13H13N3O5S. The zero-order chi connectivity index (χ0) is 16.3. The van der Waals surface area contributed by atoms with Crippen LogP contribution in [0, 0.1) is 10.1 Å². The number of ether oxygens (including phenoxy) is 1. The number of nitro benzene ring substituents is 1. The van der Waals surface area contributed by atoms with E-state index >= 15 is 0 Å². The van der Waals surface area contributed by atoms with Crippen molar-refractivity contribution in [3.05, 3.63) is 58.4 Å². The average molecular weight is 323 g/mol. The Morgan fingerprint density at radius 2 is 1.95 bits per heavy atom. The minimum Gasteiger partial charge on any atom is -0.497 e. The summed E-state index contributed by atoms with van der Waals surface area (Å²) in [6.45, 7) is 0. The third-order valence-electron chi connectivity index (χ3n) is 2.93. The van der Waals surface area contributed by atoms with E-state index in [2.05, 4.69) is 4.99 Å². The van der Waals surface area contributed by atoms with Crippen molar-refractivity contribution in [2.45, 2.75) is 5.25 Å². The molecule has 2 rings (SSSR count). The topological polar surface area (TPSA) is 125 Å². The van der Waals surface area contributed by atoms with Crippen LogP contribution in [0.5, 0.6) is 0 Å². The number of nitrogens with two attached hydrogens (primary N) is 1. The maximum Gasteiger partial charge on any atom is 0.269 e. The summed E-state index contributed by atoms with van der Waals surface area (Å²) in [6, 6.07) is 5.41. The first-order chi connectivity index (χ1) is 10.3. The summed E-state index contributed by atoms with van der Waals surface area (Å²) >= 11 is 0. The highest BCUT2D eigenvalue weighted by Gasteiger charge is 2.26. The maximum atomic E-state index is 11.6. The second-order valence-corrected chi connectivity index (χ2v) is 6.12. The zero-order valence-electron chi connectivity index (χ0n) is 11.5. The SMILES string of the molecule is COC1=CC(=Nc2ccc([N+](=O)[O-])cc2)C(S(N)(=O)=O)C=C1. The number of non-ortho nitro benzene ring substituents is 1. The van der Waals surface area contributed by atoms with Crippen LogP contribution in [-0.2, 0) is 14.8 Å². The van der Waals surface area contributed by atoms with Crippen LogP contribution in [0.1, 0.15) is 0 Å². The Morgan fingerprint density at radius 1 is 1.32 bits per heavy atom. The van der Waals surface area contributed by atoms with Gasteiger partial charge in [0.15, 0.2) is 0 Å². The highest BCUT2D eigenvalue weighted by molar-refractivity contribution is 7.90. The fourth-order valence-corrected chi connectivity index (χ4v) is 2.61. The Balaban J connectivity index is 2.43. The van der Waals surface area contributed by atoms with E-state index in [4.69, 9.17) is 9.88 Å².